The van der Waals surface area contributed by atoms with Crippen LogP contribution in [0.2, 0.25) is 0 Å². The maximum atomic E-state index is 13.8. The number of nitrogens with two attached hydrogens (primary N) is 1. The summed E-state index contributed by atoms with van der Waals surface area (Å²) in [6, 6.07) is 11.4. The van der Waals surface area contributed by atoms with Crippen LogP contribution in [0.25, 0.3) is 6.08 Å². The Bertz CT molecular complexity index is 866. The van der Waals surface area contributed by atoms with Crippen molar-refractivity contribution in [1.82, 2.24) is 4.90 Å². The average Bonchev–Trinajstić information content (AvgIpc) is 2.61. The molecule has 2 amide bonds. The number of rotatable bonds is 3. The first-order valence-corrected chi connectivity index (χ1v) is 8.55. The second-order valence-electron chi connectivity index (χ2n) is 5.86. The van der Waals surface area contributed by atoms with Gasteiger partial charge in [0.1, 0.15) is 11.9 Å². The molecular formula is C19H16BrFN2O2. The molecule has 2 N–H and O–H groups in total. The van der Waals surface area contributed by atoms with Gasteiger partial charge in [-0.15, -0.1) is 0 Å². The number of benzene rings is 2. The van der Waals surface area contributed by atoms with E-state index in [2.05, 4.69) is 15.9 Å². The molecule has 0 aromatic heterocycles. The molecule has 2 aromatic rings. The van der Waals surface area contributed by atoms with E-state index in [1.165, 1.54) is 23.1 Å². The fourth-order valence-corrected chi connectivity index (χ4v) is 3.29. The highest BCUT2D eigenvalue weighted by Gasteiger charge is 2.32. The lowest BCUT2D eigenvalue weighted by Gasteiger charge is -2.34. The van der Waals surface area contributed by atoms with Gasteiger partial charge in [-0.05, 0) is 35.4 Å². The molecule has 6 heteroatoms. The topological polar surface area (TPSA) is 63.4 Å². The lowest BCUT2D eigenvalue weighted by Crippen LogP contribution is -2.50. The second-order valence-corrected chi connectivity index (χ2v) is 6.77. The van der Waals surface area contributed by atoms with E-state index in [4.69, 9.17) is 5.73 Å². The van der Waals surface area contributed by atoms with Crippen molar-refractivity contribution in [2.45, 2.75) is 19.0 Å². The first-order chi connectivity index (χ1) is 12.0. The van der Waals surface area contributed by atoms with Gasteiger partial charge in [-0.1, -0.05) is 40.2 Å². The maximum absolute atomic E-state index is 13.8. The molecular weight excluding hydrogens is 387 g/mol. The summed E-state index contributed by atoms with van der Waals surface area (Å²) in [5.41, 5.74) is 7.76. The van der Waals surface area contributed by atoms with Crippen LogP contribution in [-0.4, -0.2) is 22.8 Å². The lowest BCUT2D eigenvalue weighted by molar-refractivity contribution is -0.136. The van der Waals surface area contributed by atoms with Crippen molar-refractivity contribution < 1.29 is 14.0 Å². The van der Waals surface area contributed by atoms with Gasteiger partial charge in [0.15, 0.2) is 0 Å². The zero-order valence-electron chi connectivity index (χ0n) is 13.3. The Morgan fingerprint density at radius 2 is 1.92 bits per heavy atom. The predicted molar refractivity (Wildman–Crippen MR) is 96.8 cm³/mol. The van der Waals surface area contributed by atoms with Crippen molar-refractivity contribution in [2.75, 3.05) is 0 Å². The quantitative estimate of drug-likeness (QED) is 0.801. The van der Waals surface area contributed by atoms with Gasteiger partial charge < -0.3 is 10.6 Å². The van der Waals surface area contributed by atoms with E-state index in [0.717, 1.165) is 11.1 Å². The Morgan fingerprint density at radius 1 is 1.20 bits per heavy atom. The molecule has 0 radical (unpaired) electrons. The van der Waals surface area contributed by atoms with E-state index in [9.17, 15) is 14.0 Å². The highest BCUT2D eigenvalue weighted by Crippen LogP contribution is 2.24. The fraction of sp³-hybridized carbons (Fsp3) is 0.158. The van der Waals surface area contributed by atoms with E-state index < -0.39 is 17.8 Å². The number of primary amides is 1. The summed E-state index contributed by atoms with van der Waals surface area (Å²) >= 11 is 3.27. The minimum Gasteiger partial charge on any atom is -0.368 e. The summed E-state index contributed by atoms with van der Waals surface area (Å²) in [4.78, 5) is 25.8. The molecule has 25 heavy (non-hydrogen) atoms. The van der Waals surface area contributed by atoms with Crippen LogP contribution in [0.4, 0.5) is 4.39 Å². The molecule has 1 atom stereocenters. The monoisotopic (exact) mass is 402 g/mol. The maximum Gasteiger partial charge on any atom is 0.247 e. The van der Waals surface area contributed by atoms with Gasteiger partial charge in [-0.3, -0.25) is 9.59 Å². The smallest absolute Gasteiger partial charge is 0.247 e. The molecule has 1 heterocycles. The van der Waals surface area contributed by atoms with Crippen LogP contribution in [0, 0.1) is 5.82 Å². The molecule has 1 unspecified atom stereocenters. The van der Waals surface area contributed by atoms with Gasteiger partial charge in [-0.25, -0.2) is 4.39 Å². The van der Waals surface area contributed by atoms with Gasteiger partial charge in [0.05, 0.1) is 0 Å². The lowest BCUT2D eigenvalue weighted by atomic mass is 9.93. The zero-order chi connectivity index (χ0) is 18.0. The number of carbonyl (C=O) groups is 2. The fourth-order valence-electron chi connectivity index (χ4n) is 2.91. The van der Waals surface area contributed by atoms with Crippen LogP contribution in [0.5, 0.6) is 0 Å². The molecule has 0 aliphatic carbocycles. The zero-order valence-corrected chi connectivity index (χ0v) is 14.9. The largest absolute Gasteiger partial charge is 0.368 e. The second kappa shape index (κ2) is 7.19. The molecule has 0 bridgehead atoms. The SMILES string of the molecule is NC(=O)C1Cc2ccccc2CN1C(=O)C=Cc1cc(Br)ccc1F. The van der Waals surface area contributed by atoms with Crippen molar-refractivity contribution in [3.63, 3.8) is 0 Å². The Morgan fingerprint density at radius 3 is 2.64 bits per heavy atom. The van der Waals surface area contributed by atoms with E-state index >= 15 is 0 Å². The number of carbonyl (C=O) groups excluding carboxylic acids is 2. The van der Waals surface area contributed by atoms with E-state index in [1.54, 1.807) is 12.1 Å². The third-order valence-electron chi connectivity index (χ3n) is 4.22. The summed E-state index contributed by atoms with van der Waals surface area (Å²) in [7, 11) is 0. The van der Waals surface area contributed by atoms with Gasteiger partial charge in [-0.2, -0.15) is 0 Å². The van der Waals surface area contributed by atoms with Crippen LogP contribution in [0.1, 0.15) is 16.7 Å². The highest BCUT2D eigenvalue weighted by atomic mass is 79.9. The Balaban J connectivity index is 1.86. The van der Waals surface area contributed by atoms with Gasteiger partial charge in [0.25, 0.3) is 0 Å². The van der Waals surface area contributed by atoms with Crippen LogP contribution < -0.4 is 5.73 Å². The Hall–Kier alpha value is -2.47. The van der Waals surface area contributed by atoms with Crippen molar-refractivity contribution in [3.8, 4) is 0 Å². The van der Waals surface area contributed by atoms with Crippen LogP contribution in [0.3, 0.4) is 0 Å². The summed E-state index contributed by atoms with van der Waals surface area (Å²) in [5.74, 6) is -1.36. The molecule has 0 saturated heterocycles. The Kier molecular flexibility index (Phi) is 4.99. The van der Waals surface area contributed by atoms with Crippen molar-refractivity contribution in [3.05, 3.63) is 75.5 Å². The Labute approximate surface area is 153 Å². The van der Waals surface area contributed by atoms with Gasteiger partial charge >= 0.3 is 0 Å². The first kappa shape index (κ1) is 17.4. The van der Waals surface area contributed by atoms with E-state index in [1.807, 2.05) is 24.3 Å². The molecule has 4 nitrogen and oxygen atoms in total. The molecule has 2 aromatic carbocycles. The number of hydrogen-bond acceptors (Lipinski definition) is 2. The standard InChI is InChI=1S/C19H16BrFN2O2/c20-15-6-7-16(21)13(9-15)5-8-18(24)23-11-14-4-2-1-3-12(14)10-17(23)19(22)25/h1-9,17H,10-11H2,(H2,22,25). The van der Waals surface area contributed by atoms with Crippen LogP contribution in [-0.2, 0) is 22.6 Å². The minimum atomic E-state index is -0.709. The molecule has 0 saturated carbocycles. The molecule has 128 valence electrons. The van der Waals surface area contributed by atoms with Crippen molar-refractivity contribution in [2.24, 2.45) is 5.73 Å². The molecule has 0 fully saturated rings. The third-order valence-corrected chi connectivity index (χ3v) is 4.72. The highest BCUT2D eigenvalue weighted by molar-refractivity contribution is 9.10. The summed E-state index contributed by atoms with van der Waals surface area (Å²) < 4.78 is 14.5. The van der Waals surface area contributed by atoms with Crippen molar-refractivity contribution in [1.29, 1.82) is 0 Å². The predicted octanol–water partition coefficient (Wildman–Crippen LogP) is 3.04. The molecule has 0 spiro atoms. The molecule has 1 aliphatic rings. The molecule has 3 rings (SSSR count). The normalized spacial score (nSPS) is 16.7. The van der Waals surface area contributed by atoms with Gasteiger partial charge in [0.2, 0.25) is 11.8 Å². The third kappa shape index (κ3) is 3.79. The number of amides is 2. The van der Waals surface area contributed by atoms with E-state index in [0.29, 0.717) is 17.4 Å². The number of halogens is 2. The van der Waals surface area contributed by atoms with Crippen molar-refractivity contribution >= 4 is 33.8 Å². The summed E-state index contributed by atoms with van der Waals surface area (Å²) in [5, 5.41) is 0. The summed E-state index contributed by atoms with van der Waals surface area (Å²) in [6.45, 7) is 0.300. The van der Waals surface area contributed by atoms with Crippen LogP contribution in [0.15, 0.2) is 53.0 Å². The minimum absolute atomic E-state index is 0.288. The summed E-state index contributed by atoms with van der Waals surface area (Å²) in [6.07, 6.45) is 3.06. The number of hydrogen-bond donors (Lipinski definition) is 1. The molecule has 1 aliphatic heterocycles. The van der Waals surface area contributed by atoms with Crippen LogP contribution >= 0.6 is 15.9 Å². The number of nitrogens with zero attached hydrogens (tertiary/aromatic N) is 1. The number of fused-ring (bicyclic) bond motifs is 1. The van der Waals surface area contributed by atoms with E-state index in [-0.39, 0.29) is 11.5 Å². The average molecular weight is 403 g/mol. The first-order valence-electron chi connectivity index (χ1n) is 7.75. The van der Waals surface area contributed by atoms with Gasteiger partial charge in [0, 0.05) is 29.1 Å².